The summed E-state index contributed by atoms with van der Waals surface area (Å²) in [5.41, 5.74) is 0. The van der Waals surface area contributed by atoms with E-state index in [-0.39, 0.29) is 21.7 Å². The average molecular weight is 291 g/mol. The van der Waals surface area contributed by atoms with Crippen LogP contribution in [0.2, 0.25) is 0 Å². The van der Waals surface area contributed by atoms with E-state index in [1.165, 1.54) is 11.4 Å². The van der Waals surface area contributed by atoms with Crippen LogP contribution in [-0.4, -0.2) is 25.5 Å². The fourth-order valence-electron chi connectivity index (χ4n) is 1.62. The lowest BCUT2D eigenvalue weighted by molar-refractivity contribution is 0.0698. The smallest absolute Gasteiger partial charge is 0.347 e. The van der Waals surface area contributed by atoms with Gasteiger partial charge in [-0.15, -0.1) is 11.3 Å². The molecular formula is C11H17NO4S2. The number of hydrogen-bond acceptors (Lipinski definition) is 4. The van der Waals surface area contributed by atoms with Crippen LogP contribution in [0.15, 0.2) is 16.3 Å². The number of rotatable bonds is 6. The first-order chi connectivity index (χ1) is 8.29. The lowest BCUT2D eigenvalue weighted by Gasteiger charge is -2.20. The number of carboxylic acids is 1. The first-order valence-corrected chi connectivity index (χ1v) is 7.99. The molecule has 1 rings (SSSR count). The van der Waals surface area contributed by atoms with Gasteiger partial charge in [0.25, 0.3) is 0 Å². The quantitative estimate of drug-likeness (QED) is 0.841. The predicted octanol–water partition coefficient (Wildman–Crippen LogP) is 2.16. The highest BCUT2D eigenvalue weighted by Gasteiger charge is 2.26. The normalized spacial score (nSPS) is 13.8. The van der Waals surface area contributed by atoms with E-state index in [4.69, 9.17) is 5.11 Å². The first-order valence-electron chi connectivity index (χ1n) is 5.62. The van der Waals surface area contributed by atoms with Crippen molar-refractivity contribution in [3.63, 3.8) is 0 Å². The summed E-state index contributed by atoms with van der Waals surface area (Å²) in [7, 11) is -3.77. The molecule has 0 aliphatic heterocycles. The Balaban J connectivity index is 3.07. The second kappa shape index (κ2) is 5.81. The molecule has 0 saturated heterocycles. The monoisotopic (exact) mass is 291 g/mol. The van der Waals surface area contributed by atoms with E-state index in [0.717, 1.165) is 11.3 Å². The highest BCUT2D eigenvalue weighted by Crippen LogP contribution is 2.23. The standard InChI is InChI=1S/C11H17NO4S2/c1-4-8(7(2)3)12-18(15,16)9-5-6-17-10(9)11(13)14/h5-8,12H,4H2,1-3H3,(H,13,14). The molecule has 0 spiro atoms. The van der Waals surface area contributed by atoms with Crippen LogP contribution in [0.4, 0.5) is 0 Å². The van der Waals surface area contributed by atoms with Crippen molar-refractivity contribution >= 4 is 27.3 Å². The Bertz CT molecular complexity index is 519. The lowest BCUT2D eigenvalue weighted by atomic mass is 10.0. The summed E-state index contributed by atoms with van der Waals surface area (Å²) in [6.45, 7) is 5.73. The number of aromatic carboxylic acids is 1. The van der Waals surface area contributed by atoms with Crippen LogP contribution in [0.5, 0.6) is 0 Å². The number of sulfonamides is 1. The van der Waals surface area contributed by atoms with Gasteiger partial charge in [-0.25, -0.2) is 17.9 Å². The zero-order valence-corrected chi connectivity index (χ0v) is 12.1. The van der Waals surface area contributed by atoms with E-state index in [0.29, 0.717) is 6.42 Å². The van der Waals surface area contributed by atoms with Crippen molar-refractivity contribution in [2.45, 2.75) is 38.1 Å². The molecule has 0 aliphatic rings. The lowest BCUT2D eigenvalue weighted by Crippen LogP contribution is -2.38. The fourth-order valence-corrected chi connectivity index (χ4v) is 4.35. The summed E-state index contributed by atoms with van der Waals surface area (Å²) in [6.07, 6.45) is 0.656. The van der Waals surface area contributed by atoms with Crippen molar-refractivity contribution in [3.05, 3.63) is 16.3 Å². The van der Waals surface area contributed by atoms with Gasteiger partial charge >= 0.3 is 5.97 Å². The molecule has 1 unspecified atom stereocenters. The molecule has 2 N–H and O–H groups in total. The van der Waals surface area contributed by atoms with Crippen LogP contribution in [-0.2, 0) is 10.0 Å². The van der Waals surface area contributed by atoms with Gasteiger partial charge in [-0.1, -0.05) is 20.8 Å². The molecule has 0 saturated carbocycles. The zero-order chi connectivity index (χ0) is 13.9. The molecule has 5 nitrogen and oxygen atoms in total. The van der Waals surface area contributed by atoms with Crippen molar-refractivity contribution in [2.75, 3.05) is 0 Å². The van der Waals surface area contributed by atoms with Crippen LogP contribution >= 0.6 is 11.3 Å². The minimum Gasteiger partial charge on any atom is -0.477 e. The molecule has 0 aliphatic carbocycles. The molecule has 0 aromatic carbocycles. The molecule has 0 amide bonds. The Morgan fingerprint density at radius 3 is 2.56 bits per heavy atom. The number of thiophene rings is 1. The summed E-state index contributed by atoms with van der Waals surface area (Å²) >= 11 is 0.909. The van der Waals surface area contributed by atoms with Crippen molar-refractivity contribution in [1.82, 2.24) is 4.72 Å². The van der Waals surface area contributed by atoms with Crippen LogP contribution in [0, 0.1) is 5.92 Å². The van der Waals surface area contributed by atoms with Crippen LogP contribution in [0.3, 0.4) is 0 Å². The summed E-state index contributed by atoms with van der Waals surface area (Å²) in [5.74, 6) is -1.07. The molecule has 1 heterocycles. The van der Waals surface area contributed by atoms with E-state index in [1.807, 2.05) is 20.8 Å². The van der Waals surface area contributed by atoms with Gasteiger partial charge in [0.2, 0.25) is 10.0 Å². The number of nitrogens with one attached hydrogen (secondary N) is 1. The third kappa shape index (κ3) is 3.30. The van der Waals surface area contributed by atoms with Crippen molar-refractivity contribution in [1.29, 1.82) is 0 Å². The van der Waals surface area contributed by atoms with Gasteiger partial charge in [0.1, 0.15) is 9.77 Å². The fraction of sp³-hybridized carbons (Fsp3) is 0.545. The summed E-state index contributed by atoms with van der Waals surface area (Å²) in [4.78, 5) is 10.6. The average Bonchev–Trinajstić information content (AvgIpc) is 2.75. The Morgan fingerprint density at radius 2 is 2.11 bits per heavy atom. The second-order valence-corrected chi connectivity index (χ2v) is 6.90. The van der Waals surface area contributed by atoms with Crippen molar-refractivity contribution in [3.8, 4) is 0 Å². The minimum absolute atomic E-state index is 0.150. The molecular weight excluding hydrogens is 274 g/mol. The Morgan fingerprint density at radius 1 is 1.50 bits per heavy atom. The van der Waals surface area contributed by atoms with E-state index in [9.17, 15) is 13.2 Å². The number of hydrogen-bond donors (Lipinski definition) is 2. The number of carboxylic acid groups (broad SMARTS) is 1. The topological polar surface area (TPSA) is 83.5 Å². The maximum Gasteiger partial charge on any atom is 0.347 e. The van der Waals surface area contributed by atoms with Gasteiger partial charge in [0.15, 0.2) is 0 Å². The van der Waals surface area contributed by atoms with Gasteiger partial charge in [0, 0.05) is 6.04 Å². The van der Waals surface area contributed by atoms with Gasteiger partial charge in [0.05, 0.1) is 0 Å². The maximum atomic E-state index is 12.1. The molecule has 7 heteroatoms. The van der Waals surface area contributed by atoms with E-state index < -0.39 is 16.0 Å². The molecule has 18 heavy (non-hydrogen) atoms. The highest BCUT2D eigenvalue weighted by molar-refractivity contribution is 7.89. The summed E-state index contributed by atoms with van der Waals surface area (Å²) in [5, 5.41) is 10.4. The number of carbonyl (C=O) groups is 1. The Hall–Kier alpha value is -0.920. The Labute approximate surface area is 111 Å². The molecule has 0 fully saturated rings. The highest BCUT2D eigenvalue weighted by atomic mass is 32.2. The van der Waals surface area contributed by atoms with E-state index >= 15 is 0 Å². The van der Waals surface area contributed by atoms with Crippen LogP contribution < -0.4 is 4.72 Å². The minimum atomic E-state index is -3.77. The molecule has 102 valence electrons. The van der Waals surface area contributed by atoms with Gasteiger partial charge < -0.3 is 5.11 Å². The SMILES string of the molecule is CCC(NS(=O)(=O)c1ccsc1C(=O)O)C(C)C. The largest absolute Gasteiger partial charge is 0.477 e. The maximum absolute atomic E-state index is 12.1. The summed E-state index contributed by atoms with van der Waals surface area (Å²) < 4.78 is 26.8. The van der Waals surface area contributed by atoms with Crippen LogP contribution in [0.1, 0.15) is 36.9 Å². The summed E-state index contributed by atoms with van der Waals surface area (Å²) in [6, 6.07) is 1.13. The van der Waals surface area contributed by atoms with Gasteiger partial charge in [-0.05, 0) is 23.8 Å². The third-order valence-electron chi connectivity index (χ3n) is 2.66. The van der Waals surface area contributed by atoms with E-state index in [2.05, 4.69) is 4.72 Å². The zero-order valence-electron chi connectivity index (χ0n) is 10.5. The third-order valence-corrected chi connectivity index (χ3v) is 5.23. The molecule has 1 aromatic rings. The van der Waals surface area contributed by atoms with Gasteiger partial charge in [-0.3, -0.25) is 0 Å². The molecule has 0 bridgehead atoms. The van der Waals surface area contributed by atoms with Crippen LogP contribution in [0.25, 0.3) is 0 Å². The second-order valence-electron chi connectivity index (χ2n) is 4.30. The molecule has 1 atom stereocenters. The Kier molecular flexibility index (Phi) is 4.89. The van der Waals surface area contributed by atoms with Crippen molar-refractivity contribution < 1.29 is 18.3 Å². The van der Waals surface area contributed by atoms with Crippen molar-refractivity contribution in [2.24, 2.45) is 5.92 Å². The van der Waals surface area contributed by atoms with Gasteiger partial charge in [-0.2, -0.15) is 0 Å². The van der Waals surface area contributed by atoms with E-state index in [1.54, 1.807) is 0 Å². The molecule has 0 radical (unpaired) electrons. The first kappa shape index (κ1) is 15.1. The molecule has 1 aromatic heterocycles. The predicted molar refractivity (Wildman–Crippen MR) is 70.5 cm³/mol.